The quantitative estimate of drug-likeness (QED) is 0.714. The fourth-order valence-corrected chi connectivity index (χ4v) is 2.78. The minimum atomic E-state index is -0.631. The lowest BCUT2D eigenvalue weighted by Crippen LogP contribution is -2.27. The van der Waals surface area contributed by atoms with Gasteiger partial charge in [0.15, 0.2) is 0 Å². The summed E-state index contributed by atoms with van der Waals surface area (Å²) in [6.07, 6.45) is 5.99. The molecular formula is C18H14ClN3O2. The fourth-order valence-electron chi connectivity index (χ4n) is 2.51. The summed E-state index contributed by atoms with van der Waals surface area (Å²) in [5.74, 6) is -0.409. The molecule has 0 saturated heterocycles. The number of phenolic OH excluding ortho intramolecular Hbond substituents is 1. The van der Waals surface area contributed by atoms with E-state index in [1.807, 2.05) is 0 Å². The van der Waals surface area contributed by atoms with Crippen LogP contribution in [0.4, 0.5) is 0 Å². The summed E-state index contributed by atoms with van der Waals surface area (Å²) >= 11 is 6.34. The molecule has 3 rings (SSSR count). The van der Waals surface area contributed by atoms with Gasteiger partial charge in [-0.15, -0.1) is 0 Å². The van der Waals surface area contributed by atoms with Crippen molar-refractivity contribution in [2.75, 3.05) is 0 Å². The molecule has 0 saturated carbocycles. The molecule has 2 aromatic heterocycles. The van der Waals surface area contributed by atoms with Gasteiger partial charge in [-0.2, -0.15) is 0 Å². The molecule has 0 aliphatic carbocycles. The number of rotatable bonds is 4. The Morgan fingerprint density at radius 1 is 1.33 bits per heavy atom. The maximum Gasteiger partial charge on any atom is 0.244 e. The lowest BCUT2D eigenvalue weighted by Gasteiger charge is -2.21. The Kier molecular flexibility index (Phi) is 4.44. The molecule has 2 heterocycles. The highest BCUT2D eigenvalue weighted by Gasteiger charge is 2.22. The van der Waals surface area contributed by atoms with Crippen LogP contribution in [0.2, 0.25) is 5.02 Å². The van der Waals surface area contributed by atoms with Crippen molar-refractivity contribution in [2.24, 2.45) is 0 Å². The van der Waals surface area contributed by atoms with Crippen LogP contribution in [0.25, 0.3) is 10.9 Å². The number of nitrogens with one attached hydrogen (secondary N) is 1. The van der Waals surface area contributed by atoms with Crippen molar-refractivity contribution in [3.8, 4) is 5.75 Å². The van der Waals surface area contributed by atoms with Gasteiger partial charge in [-0.25, -0.2) is 0 Å². The number of aromatic hydroxyl groups is 1. The van der Waals surface area contributed by atoms with E-state index in [0.29, 0.717) is 27.1 Å². The van der Waals surface area contributed by atoms with Crippen LogP contribution in [0.3, 0.4) is 0 Å². The van der Waals surface area contributed by atoms with Gasteiger partial charge in [0.25, 0.3) is 0 Å². The van der Waals surface area contributed by atoms with E-state index in [2.05, 4.69) is 21.9 Å². The molecule has 0 bridgehead atoms. The Bertz CT molecular complexity index is 913. The van der Waals surface area contributed by atoms with Crippen molar-refractivity contribution in [1.29, 1.82) is 0 Å². The van der Waals surface area contributed by atoms with E-state index in [1.165, 1.54) is 6.08 Å². The van der Waals surface area contributed by atoms with E-state index in [9.17, 15) is 9.90 Å². The van der Waals surface area contributed by atoms with Crippen molar-refractivity contribution in [3.63, 3.8) is 0 Å². The second kappa shape index (κ2) is 6.68. The zero-order valence-electron chi connectivity index (χ0n) is 12.6. The number of hydrogen-bond acceptors (Lipinski definition) is 4. The van der Waals surface area contributed by atoms with Crippen LogP contribution in [-0.2, 0) is 4.79 Å². The molecule has 120 valence electrons. The average molecular weight is 340 g/mol. The zero-order chi connectivity index (χ0) is 17.1. The van der Waals surface area contributed by atoms with Crippen LogP contribution in [0.1, 0.15) is 17.2 Å². The molecular weight excluding hydrogens is 326 g/mol. The van der Waals surface area contributed by atoms with Crippen LogP contribution >= 0.6 is 11.6 Å². The smallest absolute Gasteiger partial charge is 0.244 e. The lowest BCUT2D eigenvalue weighted by atomic mass is 9.97. The second-order valence-corrected chi connectivity index (χ2v) is 5.54. The third-order valence-electron chi connectivity index (χ3n) is 3.65. The number of fused-ring (bicyclic) bond motifs is 1. The monoisotopic (exact) mass is 339 g/mol. The van der Waals surface area contributed by atoms with Crippen molar-refractivity contribution >= 4 is 28.4 Å². The summed E-state index contributed by atoms with van der Waals surface area (Å²) in [5.41, 5.74) is 1.52. The molecule has 0 aliphatic heterocycles. The topological polar surface area (TPSA) is 75.1 Å². The van der Waals surface area contributed by atoms with E-state index in [0.717, 1.165) is 0 Å². The van der Waals surface area contributed by atoms with Crippen LogP contribution in [0, 0.1) is 0 Å². The zero-order valence-corrected chi connectivity index (χ0v) is 13.4. The highest BCUT2D eigenvalue weighted by molar-refractivity contribution is 6.35. The van der Waals surface area contributed by atoms with E-state index in [-0.39, 0.29) is 11.7 Å². The highest BCUT2D eigenvalue weighted by Crippen LogP contribution is 2.38. The number of aromatic nitrogens is 2. The number of pyridine rings is 2. The van der Waals surface area contributed by atoms with Crippen LogP contribution in [0.5, 0.6) is 5.75 Å². The predicted molar refractivity (Wildman–Crippen MR) is 92.8 cm³/mol. The normalized spacial score (nSPS) is 11.9. The van der Waals surface area contributed by atoms with E-state index >= 15 is 0 Å². The number of carbonyl (C=O) groups is 1. The molecule has 0 fully saturated rings. The van der Waals surface area contributed by atoms with Crippen molar-refractivity contribution in [3.05, 3.63) is 77.7 Å². The molecule has 1 unspecified atom stereocenters. The number of benzene rings is 1. The van der Waals surface area contributed by atoms with Crippen molar-refractivity contribution < 1.29 is 9.90 Å². The van der Waals surface area contributed by atoms with Gasteiger partial charge in [0.1, 0.15) is 11.3 Å². The largest absolute Gasteiger partial charge is 0.505 e. The Morgan fingerprint density at radius 3 is 2.83 bits per heavy atom. The second-order valence-electron chi connectivity index (χ2n) is 5.13. The minimum Gasteiger partial charge on any atom is -0.505 e. The molecule has 1 atom stereocenters. The highest BCUT2D eigenvalue weighted by atomic mass is 35.5. The molecule has 2 N–H and O–H groups in total. The third kappa shape index (κ3) is 2.94. The van der Waals surface area contributed by atoms with Crippen molar-refractivity contribution in [1.82, 2.24) is 15.3 Å². The third-order valence-corrected chi connectivity index (χ3v) is 3.96. The minimum absolute atomic E-state index is 0.0341. The molecule has 6 heteroatoms. The molecule has 1 amide bonds. The first-order chi connectivity index (χ1) is 11.6. The van der Waals surface area contributed by atoms with Gasteiger partial charge in [-0.3, -0.25) is 14.8 Å². The fraction of sp³-hybridized carbons (Fsp3) is 0.0556. The summed E-state index contributed by atoms with van der Waals surface area (Å²) in [7, 11) is 0. The maximum atomic E-state index is 11.8. The molecule has 24 heavy (non-hydrogen) atoms. The Morgan fingerprint density at radius 2 is 2.12 bits per heavy atom. The van der Waals surface area contributed by atoms with Gasteiger partial charge in [-0.1, -0.05) is 24.2 Å². The van der Waals surface area contributed by atoms with Gasteiger partial charge in [0.05, 0.1) is 11.1 Å². The van der Waals surface area contributed by atoms with E-state index in [1.54, 1.807) is 48.9 Å². The Hall–Kier alpha value is -2.92. The first kappa shape index (κ1) is 16.0. The first-order valence-corrected chi connectivity index (χ1v) is 7.58. The number of hydrogen-bond donors (Lipinski definition) is 2. The summed E-state index contributed by atoms with van der Waals surface area (Å²) < 4.78 is 0. The van der Waals surface area contributed by atoms with E-state index < -0.39 is 6.04 Å². The standard InChI is InChI=1S/C18H14ClN3O2/c1-2-15(23)22-16(11-5-3-7-20-10-11)13-9-14(19)12-6-4-8-21-17(12)18(13)24/h2-10,16,24H,1H2,(H,22,23). The first-order valence-electron chi connectivity index (χ1n) is 7.20. The molecule has 0 radical (unpaired) electrons. The number of nitrogens with zero attached hydrogens (tertiary/aromatic N) is 2. The van der Waals surface area contributed by atoms with Crippen molar-refractivity contribution in [2.45, 2.75) is 6.04 Å². The summed E-state index contributed by atoms with van der Waals surface area (Å²) in [6, 6.07) is 8.06. The molecule has 5 nitrogen and oxygen atoms in total. The molecule has 0 spiro atoms. The van der Waals surface area contributed by atoms with Crippen LogP contribution in [0.15, 0.2) is 61.6 Å². The summed E-state index contributed by atoms with van der Waals surface area (Å²) in [4.78, 5) is 20.1. The van der Waals surface area contributed by atoms with Crippen LogP contribution < -0.4 is 5.32 Å². The number of halogens is 1. The predicted octanol–water partition coefficient (Wildman–Crippen LogP) is 3.38. The van der Waals surface area contributed by atoms with Gasteiger partial charge >= 0.3 is 0 Å². The number of amides is 1. The summed E-state index contributed by atoms with van der Waals surface area (Å²) in [6.45, 7) is 3.46. The van der Waals surface area contributed by atoms with Gasteiger partial charge in [-0.05, 0) is 35.9 Å². The Labute approximate surface area is 143 Å². The molecule has 1 aromatic carbocycles. The lowest BCUT2D eigenvalue weighted by molar-refractivity contribution is -0.116. The van der Waals surface area contributed by atoms with Gasteiger partial charge < -0.3 is 10.4 Å². The maximum absolute atomic E-state index is 11.8. The van der Waals surface area contributed by atoms with Crippen LogP contribution in [-0.4, -0.2) is 21.0 Å². The number of phenols is 1. The van der Waals surface area contributed by atoms with Gasteiger partial charge in [0, 0.05) is 29.5 Å². The molecule has 3 aromatic rings. The molecule has 0 aliphatic rings. The van der Waals surface area contributed by atoms with Gasteiger partial charge in [0.2, 0.25) is 5.91 Å². The number of carbonyl (C=O) groups excluding carboxylic acids is 1. The summed E-state index contributed by atoms with van der Waals surface area (Å²) in [5, 5.41) is 14.5. The Balaban J connectivity index is 2.21. The average Bonchev–Trinajstić information content (AvgIpc) is 2.63. The SMILES string of the molecule is C=CC(=O)NC(c1cccnc1)c1cc(Cl)c2cccnc2c1O. The van der Waals surface area contributed by atoms with E-state index in [4.69, 9.17) is 11.6 Å².